The van der Waals surface area contributed by atoms with E-state index < -0.39 is 0 Å². The molecular weight excluding hydrogens is 400 g/mol. The predicted octanol–water partition coefficient (Wildman–Crippen LogP) is 3.97. The maximum absolute atomic E-state index is 13.2. The van der Waals surface area contributed by atoms with Crippen LogP contribution in [0, 0.1) is 5.92 Å². The van der Waals surface area contributed by atoms with E-state index in [-0.39, 0.29) is 23.9 Å². The second kappa shape index (κ2) is 9.72. The van der Waals surface area contributed by atoms with Crippen molar-refractivity contribution in [3.8, 4) is 0 Å². The topological polar surface area (TPSA) is 65.5 Å². The van der Waals surface area contributed by atoms with Crippen LogP contribution in [0.3, 0.4) is 0 Å². The van der Waals surface area contributed by atoms with Gasteiger partial charge in [-0.3, -0.25) is 14.6 Å². The zero-order valence-electron chi connectivity index (χ0n) is 19.4. The number of rotatable bonds is 6. The Morgan fingerprint density at radius 2 is 1.84 bits per heavy atom. The van der Waals surface area contributed by atoms with E-state index in [4.69, 9.17) is 0 Å². The molecule has 170 valence electrons. The average molecular weight is 435 g/mol. The molecule has 1 saturated heterocycles. The van der Waals surface area contributed by atoms with Gasteiger partial charge in [0.15, 0.2) is 0 Å². The summed E-state index contributed by atoms with van der Waals surface area (Å²) in [6.07, 6.45) is 7.92. The SMILES string of the molecule is CC(C)CC(=O)N[C@@H]1CCc2cc(C(=O)N(C)C3CCN(c4ccncc4)CC3)ccc21. The Morgan fingerprint density at radius 3 is 2.53 bits per heavy atom. The number of anilines is 1. The molecule has 32 heavy (non-hydrogen) atoms. The molecule has 2 aromatic rings. The van der Waals surface area contributed by atoms with Crippen molar-refractivity contribution in [3.05, 3.63) is 59.4 Å². The smallest absolute Gasteiger partial charge is 0.253 e. The highest BCUT2D eigenvalue weighted by Crippen LogP contribution is 2.32. The Hall–Kier alpha value is -2.89. The summed E-state index contributed by atoms with van der Waals surface area (Å²) in [6.45, 7) is 5.99. The summed E-state index contributed by atoms with van der Waals surface area (Å²) in [5.41, 5.74) is 4.29. The van der Waals surface area contributed by atoms with E-state index in [9.17, 15) is 9.59 Å². The molecule has 1 aromatic heterocycles. The number of piperidine rings is 1. The van der Waals surface area contributed by atoms with Gasteiger partial charge in [0.25, 0.3) is 5.91 Å². The molecule has 0 radical (unpaired) electrons. The van der Waals surface area contributed by atoms with E-state index >= 15 is 0 Å². The highest BCUT2D eigenvalue weighted by atomic mass is 16.2. The van der Waals surface area contributed by atoms with Crippen molar-refractivity contribution in [3.63, 3.8) is 0 Å². The van der Waals surface area contributed by atoms with E-state index in [1.165, 1.54) is 11.3 Å². The Bertz CT molecular complexity index is 952. The number of aryl methyl sites for hydroxylation is 1. The van der Waals surface area contributed by atoms with Gasteiger partial charge in [-0.1, -0.05) is 19.9 Å². The van der Waals surface area contributed by atoms with Crippen LogP contribution in [0.1, 0.15) is 67.1 Å². The lowest BCUT2D eigenvalue weighted by molar-refractivity contribution is -0.122. The Balaban J connectivity index is 1.36. The van der Waals surface area contributed by atoms with E-state index in [1.807, 2.05) is 54.7 Å². The number of carbonyl (C=O) groups excluding carboxylic acids is 2. The van der Waals surface area contributed by atoms with Gasteiger partial charge in [-0.15, -0.1) is 0 Å². The van der Waals surface area contributed by atoms with E-state index in [1.54, 1.807) is 0 Å². The zero-order valence-corrected chi connectivity index (χ0v) is 19.4. The molecule has 1 aliphatic heterocycles. The maximum atomic E-state index is 13.2. The van der Waals surface area contributed by atoms with Crippen LogP contribution in [-0.2, 0) is 11.2 Å². The van der Waals surface area contributed by atoms with Crippen molar-refractivity contribution < 1.29 is 9.59 Å². The Labute approximate surface area is 191 Å². The fourth-order valence-corrected chi connectivity index (χ4v) is 4.96. The number of hydrogen-bond acceptors (Lipinski definition) is 4. The van der Waals surface area contributed by atoms with Crippen LogP contribution in [0.5, 0.6) is 0 Å². The van der Waals surface area contributed by atoms with Crippen molar-refractivity contribution in [2.45, 2.75) is 58.0 Å². The van der Waals surface area contributed by atoms with Gasteiger partial charge in [-0.05, 0) is 67.0 Å². The number of hydrogen-bond donors (Lipinski definition) is 1. The molecule has 0 unspecified atom stereocenters. The minimum absolute atomic E-state index is 0.0654. The van der Waals surface area contributed by atoms with Crippen molar-refractivity contribution in [1.82, 2.24) is 15.2 Å². The summed E-state index contributed by atoms with van der Waals surface area (Å²) in [5.74, 6) is 0.543. The quantitative estimate of drug-likeness (QED) is 0.747. The molecule has 1 atom stereocenters. The molecule has 1 aromatic carbocycles. The first-order chi connectivity index (χ1) is 15.4. The van der Waals surface area contributed by atoms with Crippen molar-refractivity contribution in [2.24, 2.45) is 5.92 Å². The van der Waals surface area contributed by atoms with Gasteiger partial charge in [0.1, 0.15) is 0 Å². The highest BCUT2D eigenvalue weighted by Gasteiger charge is 2.28. The summed E-state index contributed by atoms with van der Waals surface area (Å²) in [7, 11) is 1.93. The lowest BCUT2D eigenvalue weighted by Crippen LogP contribution is -2.45. The fourth-order valence-electron chi connectivity index (χ4n) is 4.96. The van der Waals surface area contributed by atoms with Crippen LogP contribution in [0.2, 0.25) is 0 Å². The summed E-state index contributed by atoms with van der Waals surface area (Å²) in [6, 6.07) is 10.4. The van der Waals surface area contributed by atoms with Gasteiger partial charge in [0.05, 0.1) is 6.04 Å². The van der Waals surface area contributed by atoms with Gasteiger partial charge in [-0.2, -0.15) is 0 Å². The molecule has 6 nitrogen and oxygen atoms in total. The molecule has 2 amide bonds. The van der Waals surface area contributed by atoms with Crippen LogP contribution in [0.15, 0.2) is 42.7 Å². The number of amides is 2. The van der Waals surface area contributed by atoms with Crippen molar-refractivity contribution in [2.75, 3.05) is 25.0 Å². The van der Waals surface area contributed by atoms with Crippen LogP contribution >= 0.6 is 0 Å². The lowest BCUT2D eigenvalue weighted by atomic mass is 10.0. The lowest BCUT2D eigenvalue weighted by Gasteiger charge is -2.37. The first kappa shape index (κ1) is 22.3. The second-order valence-corrected chi connectivity index (χ2v) is 9.51. The molecule has 0 bridgehead atoms. The van der Waals surface area contributed by atoms with Gasteiger partial charge in [0, 0.05) is 56.2 Å². The largest absolute Gasteiger partial charge is 0.371 e. The molecule has 4 rings (SSSR count). The summed E-state index contributed by atoms with van der Waals surface area (Å²) in [4.78, 5) is 33.8. The molecule has 0 spiro atoms. The van der Waals surface area contributed by atoms with Crippen LogP contribution in [-0.4, -0.2) is 47.9 Å². The third-order valence-corrected chi connectivity index (χ3v) is 6.76. The summed E-state index contributed by atoms with van der Waals surface area (Å²) >= 11 is 0. The minimum Gasteiger partial charge on any atom is -0.371 e. The minimum atomic E-state index is 0.0654. The predicted molar refractivity (Wildman–Crippen MR) is 127 cm³/mol. The van der Waals surface area contributed by atoms with Gasteiger partial charge >= 0.3 is 0 Å². The number of nitrogens with one attached hydrogen (secondary N) is 1. The highest BCUT2D eigenvalue weighted by molar-refractivity contribution is 5.94. The molecule has 0 saturated carbocycles. The number of aromatic nitrogens is 1. The molecule has 1 aliphatic carbocycles. The van der Waals surface area contributed by atoms with E-state index in [0.29, 0.717) is 12.3 Å². The van der Waals surface area contributed by atoms with Gasteiger partial charge in [0.2, 0.25) is 5.91 Å². The Morgan fingerprint density at radius 1 is 1.12 bits per heavy atom. The Kier molecular flexibility index (Phi) is 6.77. The molecule has 1 N–H and O–H groups in total. The van der Waals surface area contributed by atoms with Crippen LogP contribution in [0.25, 0.3) is 0 Å². The van der Waals surface area contributed by atoms with E-state index in [0.717, 1.165) is 49.9 Å². The zero-order chi connectivity index (χ0) is 22.7. The number of pyridine rings is 1. The number of fused-ring (bicyclic) bond motifs is 1. The first-order valence-electron chi connectivity index (χ1n) is 11.8. The molecule has 2 aliphatic rings. The first-order valence-corrected chi connectivity index (χ1v) is 11.8. The van der Waals surface area contributed by atoms with Crippen LogP contribution in [0.4, 0.5) is 5.69 Å². The molecule has 6 heteroatoms. The van der Waals surface area contributed by atoms with Crippen LogP contribution < -0.4 is 10.2 Å². The average Bonchev–Trinajstić information content (AvgIpc) is 3.20. The van der Waals surface area contributed by atoms with E-state index in [2.05, 4.69) is 29.0 Å². The second-order valence-electron chi connectivity index (χ2n) is 9.51. The summed E-state index contributed by atoms with van der Waals surface area (Å²) in [5, 5.41) is 3.16. The third-order valence-electron chi connectivity index (χ3n) is 6.76. The standard InChI is InChI=1S/C26H34N4O2/c1-18(2)16-25(31)28-24-7-5-19-17-20(4-6-23(19)24)26(32)29(3)21-10-14-30(15-11-21)22-8-12-27-13-9-22/h4,6,8-9,12-13,17-18,21,24H,5,7,10-11,14-16H2,1-3H3,(H,28,31)/t24-/m1/s1. The van der Waals surface area contributed by atoms with Gasteiger partial charge < -0.3 is 15.1 Å². The van der Waals surface area contributed by atoms with Crippen molar-refractivity contribution >= 4 is 17.5 Å². The molecule has 2 heterocycles. The van der Waals surface area contributed by atoms with Crippen molar-refractivity contribution in [1.29, 1.82) is 0 Å². The monoisotopic (exact) mass is 434 g/mol. The van der Waals surface area contributed by atoms with Gasteiger partial charge in [-0.25, -0.2) is 0 Å². The number of carbonyl (C=O) groups is 2. The summed E-state index contributed by atoms with van der Waals surface area (Å²) < 4.78 is 0. The molecule has 1 fully saturated rings. The molecular formula is C26H34N4O2. The number of benzene rings is 1. The maximum Gasteiger partial charge on any atom is 0.253 e. The fraction of sp³-hybridized carbons (Fsp3) is 0.500. The third kappa shape index (κ3) is 4.95. The number of nitrogens with zero attached hydrogens (tertiary/aromatic N) is 3. The normalized spacial score (nSPS) is 18.5.